The lowest BCUT2D eigenvalue weighted by Crippen LogP contribution is -2.22. The summed E-state index contributed by atoms with van der Waals surface area (Å²) < 4.78 is 10.8. The highest BCUT2D eigenvalue weighted by Crippen LogP contribution is 2.30. The van der Waals surface area contributed by atoms with Crippen LogP contribution in [0.4, 0.5) is 5.69 Å². The van der Waals surface area contributed by atoms with E-state index in [1.807, 2.05) is 0 Å². The van der Waals surface area contributed by atoms with E-state index in [4.69, 9.17) is 26.5 Å². The van der Waals surface area contributed by atoms with Crippen LogP contribution >= 0.6 is 11.6 Å². The molecule has 3 N–H and O–H groups in total. The van der Waals surface area contributed by atoms with Crippen molar-refractivity contribution in [3.8, 4) is 5.75 Å². The van der Waals surface area contributed by atoms with Crippen LogP contribution in [-0.2, 0) is 4.79 Å². The molecule has 24 heavy (non-hydrogen) atoms. The summed E-state index contributed by atoms with van der Waals surface area (Å²) >= 11 is 5.78. The highest BCUT2D eigenvalue weighted by Gasteiger charge is 2.20. The van der Waals surface area contributed by atoms with Crippen molar-refractivity contribution in [2.24, 2.45) is 5.73 Å². The molecular formula is C17H13ClN2O4. The van der Waals surface area contributed by atoms with Crippen LogP contribution in [0.2, 0.25) is 5.02 Å². The van der Waals surface area contributed by atoms with Crippen molar-refractivity contribution in [1.29, 1.82) is 0 Å². The predicted octanol–water partition coefficient (Wildman–Crippen LogP) is 3.20. The second-order valence-corrected chi connectivity index (χ2v) is 5.39. The highest BCUT2D eigenvalue weighted by molar-refractivity contribution is 6.30. The molecule has 122 valence electrons. The molecule has 0 aliphatic rings. The van der Waals surface area contributed by atoms with Gasteiger partial charge < -0.3 is 20.2 Å². The zero-order valence-electron chi connectivity index (χ0n) is 12.4. The number of furan rings is 1. The first-order chi connectivity index (χ1) is 11.5. The van der Waals surface area contributed by atoms with Gasteiger partial charge in [-0.2, -0.15) is 0 Å². The number of hydrogen-bond donors (Lipinski definition) is 2. The molecule has 0 spiro atoms. The first-order valence-corrected chi connectivity index (χ1v) is 7.42. The van der Waals surface area contributed by atoms with Gasteiger partial charge in [0.1, 0.15) is 17.0 Å². The van der Waals surface area contributed by atoms with Gasteiger partial charge in [0.15, 0.2) is 6.61 Å². The van der Waals surface area contributed by atoms with Crippen LogP contribution in [0.25, 0.3) is 11.0 Å². The Hall–Kier alpha value is -2.99. The van der Waals surface area contributed by atoms with Crippen LogP contribution < -0.4 is 15.8 Å². The average Bonchev–Trinajstić information content (AvgIpc) is 2.93. The monoisotopic (exact) mass is 344 g/mol. The first kappa shape index (κ1) is 15.9. The number of hydrogen-bond acceptors (Lipinski definition) is 4. The summed E-state index contributed by atoms with van der Waals surface area (Å²) in [6.07, 6.45) is 0. The molecule has 0 radical (unpaired) electrons. The highest BCUT2D eigenvalue weighted by atomic mass is 35.5. The number of para-hydroxylation sites is 1. The number of rotatable bonds is 5. The normalized spacial score (nSPS) is 10.5. The van der Waals surface area contributed by atoms with Crippen LogP contribution in [0.3, 0.4) is 0 Å². The lowest BCUT2D eigenvalue weighted by atomic mass is 10.2. The molecule has 2 aromatic carbocycles. The maximum atomic E-state index is 12.1. The third-order valence-electron chi connectivity index (χ3n) is 3.27. The number of halogens is 1. The molecule has 0 bridgehead atoms. The van der Waals surface area contributed by atoms with E-state index in [2.05, 4.69) is 5.32 Å². The Morgan fingerprint density at radius 3 is 2.54 bits per heavy atom. The van der Waals surface area contributed by atoms with Gasteiger partial charge in [-0.3, -0.25) is 9.59 Å². The number of amides is 2. The van der Waals surface area contributed by atoms with Gasteiger partial charge in [0, 0.05) is 10.4 Å². The summed E-state index contributed by atoms with van der Waals surface area (Å²) in [7, 11) is 0. The number of nitrogens with one attached hydrogen (secondary N) is 1. The number of anilines is 1. The van der Waals surface area contributed by atoms with Crippen molar-refractivity contribution in [2.75, 3.05) is 11.9 Å². The number of ether oxygens (including phenoxy) is 1. The fourth-order valence-electron chi connectivity index (χ4n) is 2.20. The molecule has 0 atom stereocenters. The second kappa shape index (κ2) is 6.64. The Labute approximate surface area is 142 Å². The standard InChI is InChI=1S/C17H13ClN2O4/c18-10-5-7-11(8-6-10)23-9-14(21)20-15-12-3-1-2-4-13(12)24-16(15)17(19)22/h1-8H,9H2,(H2,19,22)(H,20,21). The van der Waals surface area contributed by atoms with Crippen LogP contribution in [0.15, 0.2) is 52.9 Å². The fraction of sp³-hybridized carbons (Fsp3) is 0.0588. The molecule has 7 heteroatoms. The summed E-state index contributed by atoms with van der Waals surface area (Å²) in [4.78, 5) is 23.6. The Morgan fingerprint density at radius 2 is 1.83 bits per heavy atom. The molecule has 3 rings (SSSR count). The Balaban J connectivity index is 1.76. The average molecular weight is 345 g/mol. The van der Waals surface area contributed by atoms with Crippen molar-refractivity contribution in [2.45, 2.75) is 0 Å². The van der Waals surface area contributed by atoms with Gasteiger partial charge in [-0.1, -0.05) is 23.7 Å². The third-order valence-corrected chi connectivity index (χ3v) is 3.52. The maximum Gasteiger partial charge on any atom is 0.286 e. The van der Waals surface area contributed by atoms with E-state index in [1.54, 1.807) is 48.5 Å². The molecule has 0 aliphatic heterocycles. The molecule has 6 nitrogen and oxygen atoms in total. The number of primary amides is 1. The number of carbonyl (C=O) groups is 2. The summed E-state index contributed by atoms with van der Waals surface area (Å²) in [5.74, 6) is -0.808. The van der Waals surface area contributed by atoms with Gasteiger partial charge in [-0.25, -0.2) is 0 Å². The van der Waals surface area contributed by atoms with E-state index in [9.17, 15) is 9.59 Å². The summed E-state index contributed by atoms with van der Waals surface area (Å²) in [6.45, 7) is -0.237. The van der Waals surface area contributed by atoms with Crippen molar-refractivity contribution >= 4 is 40.1 Å². The Morgan fingerprint density at radius 1 is 1.12 bits per heavy atom. The smallest absolute Gasteiger partial charge is 0.286 e. The molecule has 1 aromatic heterocycles. The molecule has 3 aromatic rings. The topological polar surface area (TPSA) is 94.6 Å². The quantitative estimate of drug-likeness (QED) is 0.743. The number of fused-ring (bicyclic) bond motifs is 1. The fourth-order valence-corrected chi connectivity index (χ4v) is 2.32. The minimum atomic E-state index is -0.764. The zero-order chi connectivity index (χ0) is 17.1. The lowest BCUT2D eigenvalue weighted by Gasteiger charge is -2.07. The SMILES string of the molecule is NC(=O)c1oc2ccccc2c1NC(=O)COc1ccc(Cl)cc1. The maximum absolute atomic E-state index is 12.1. The van der Waals surface area contributed by atoms with Crippen molar-refractivity contribution in [3.05, 3.63) is 59.3 Å². The zero-order valence-corrected chi connectivity index (χ0v) is 13.2. The van der Waals surface area contributed by atoms with Crippen LogP contribution in [0.1, 0.15) is 10.6 Å². The molecular weight excluding hydrogens is 332 g/mol. The number of benzene rings is 2. The molecule has 0 saturated carbocycles. The molecule has 0 fully saturated rings. The molecule has 0 unspecified atom stereocenters. The first-order valence-electron chi connectivity index (χ1n) is 7.04. The van der Waals surface area contributed by atoms with Crippen molar-refractivity contribution < 1.29 is 18.7 Å². The Kier molecular flexibility index (Phi) is 4.39. The van der Waals surface area contributed by atoms with Crippen LogP contribution in [0.5, 0.6) is 5.75 Å². The minimum Gasteiger partial charge on any atom is -0.484 e. The van der Waals surface area contributed by atoms with Gasteiger partial charge in [-0.05, 0) is 36.4 Å². The van der Waals surface area contributed by atoms with Crippen molar-refractivity contribution in [1.82, 2.24) is 0 Å². The van der Waals surface area contributed by atoms with E-state index in [0.29, 0.717) is 21.7 Å². The number of carbonyl (C=O) groups excluding carboxylic acids is 2. The molecule has 1 heterocycles. The molecule has 0 saturated heterocycles. The number of nitrogens with two attached hydrogens (primary N) is 1. The minimum absolute atomic E-state index is 0.101. The van der Waals surface area contributed by atoms with Gasteiger partial charge >= 0.3 is 0 Å². The summed E-state index contributed by atoms with van der Waals surface area (Å²) in [5.41, 5.74) is 6.00. The van der Waals surface area contributed by atoms with Crippen LogP contribution in [0, 0.1) is 0 Å². The Bertz CT molecular complexity index is 903. The van der Waals surface area contributed by atoms with E-state index < -0.39 is 11.8 Å². The second-order valence-electron chi connectivity index (χ2n) is 4.96. The summed E-state index contributed by atoms with van der Waals surface area (Å²) in [6, 6.07) is 13.5. The summed E-state index contributed by atoms with van der Waals surface area (Å²) in [5, 5.41) is 3.77. The van der Waals surface area contributed by atoms with Crippen molar-refractivity contribution in [3.63, 3.8) is 0 Å². The largest absolute Gasteiger partial charge is 0.484 e. The predicted molar refractivity (Wildman–Crippen MR) is 90.3 cm³/mol. The lowest BCUT2D eigenvalue weighted by molar-refractivity contribution is -0.118. The van der Waals surface area contributed by atoms with Gasteiger partial charge in [-0.15, -0.1) is 0 Å². The van der Waals surface area contributed by atoms with E-state index in [0.717, 1.165) is 0 Å². The molecule has 2 amide bonds. The van der Waals surface area contributed by atoms with E-state index >= 15 is 0 Å². The molecule has 0 aliphatic carbocycles. The van der Waals surface area contributed by atoms with E-state index in [-0.39, 0.29) is 18.1 Å². The van der Waals surface area contributed by atoms with Crippen LogP contribution in [-0.4, -0.2) is 18.4 Å². The van der Waals surface area contributed by atoms with Gasteiger partial charge in [0.2, 0.25) is 5.76 Å². The van der Waals surface area contributed by atoms with E-state index in [1.165, 1.54) is 0 Å². The third kappa shape index (κ3) is 3.33. The van der Waals surface area contributed by atoms with Gasteiger partial charge in [0.25, 0.3) is 11.8 Å². The van der Waals surface area contributed by atoms with Gasteiger partial charge in [0.05, 0.1) is 0 Å².